The fraction of sp³-hybridized carbons (Fsp3) is 0.812. The Balaban J connectivity index is 1.52. The summed E-state index contributed by atoms with van der Waals surface area (Å²) < 4.78 is 7.93. The van der Waals surface area contributed by atoms with Crippen LogP contribution in [-0.4, -0.2) is 16.4 Å². The predicted molar refractivity (Wildman–Crippen MR) is 78.5 cm³/mol. The van der Waals surface area contributed by atoms with Gasteiger partial charge in [0.05, 0.1) is 12.3 Å². The molecule has 1 aromatic heterocycles. The summed E-state index contributed by atoms with van der Waals surface area (Å²) >= 11 is 0. The molecule has 0 unspecified atom stereocenters. The van der Waals surface area contributed by atoms with E-state index in [0.717, 1.165) is 35.9 Å². The largest absolute Gasteiger partial charge is 0.476 e. The van der Waals surface area contributed by atoms with Crippen LogP contribution in [0.4, 0.5) is 5.69 Å². The van der Waals surface area contributed by atoms with Gasteiger partial charge >= 0.3 is 0 Å². The summed E-state index contributed by atoms with van der Waals surface area (Å²) in [5.74, 6) is 3.67. The number of hydrogen-bond donors (Lipinski definition) is 1. The summed E-state index contributed by atoms with van der Waals surface area (Å²) in [6.07, 6.45) is 8.55. The minimum absolute atomic E-state index is 0.430. The molecule has 0 atom stereocenters. The molecular formula is C16H25N3O. The molecule has 0 spiro atoms. The number of hydrogen-bond acceptors (Lipinski definition) is 3. The second-order valence-electron chi connectivity index (χ2n) is 7.63. The van der Waals surface area contributed by atoms with Crippen molar-refractivity contribution in [3.05, 3.63) is 5.69 Å². The third-order valence-electron chi connectivity index (χ3n) is 5.89. The first-order chi connectivity index (χ1) is 9.55. The molecule has 4 bridgehead atoms. The molecule has 110 valence electrons. The zero-order valence-corrected chi connectivity index (χ0v) is 12.6. The number of nitrogens with two attached hydrogens (primary N) is 1. The second kappa shape index (κ2) is 4.15. The SMILES string of the molecule is Cc1nn(C)c(OCC23CC4CC(CC(C4)C2)C3)c1N. The molecule has 2 N–H and O–H groups in total. The third-order valence-corrected chi connectivity index (χ3v) is 5.89. The molecule has 4 aliphatic rings. The van der Waals surface area contributed by atoms with Gasteiger partial charge in [-0.05, 0) is 63.2 Å². The first-order valence-electron chi connectivity index (χ1n) is 7.96. The van der Waals surface area contributed by atoms with Crippen molar-refractivity contribution < 1.29 is 4.74 Å². The number of anilines is 1. The third kappa shape index (κ3) is 1.84. The number of aryl methyl sites for hydroxylation is 2. The minimum Gasteiger partial charge on any atom is -0.476 e. The Morgan fingerprint density at radius 2 is 1.75 bits per heavy atom. The summed E-state index contributed by atoms with van der Waals surface area (Å²) in [5.41, 5.74) is 8.08. The molecule has 0 amide bonds. The monoisotopic (exact) mass is 275 g/mol. The van der Waals surface area contributed by atoms with Gasteiger partial charge in [0.1, 0.15) is 5.69 Å². The van der Waals surface area contributed by atoms with Crippen molar-refractivity contribution in [2.24, 2.45) is 30.2 Å². The Labute approximate surface area is 120 Å². The number of ether oxygens (including phenoxy) is 1. The predicted octanol–water partition coefficient (Wildman–Crippen LogP) is 2.91. The topological polar surface area (TPSA) is 53.1 Å². The first kappa shape index (κ1) is 12.5. The van der Waals surface area contributed by atoms with E-state index in [9.17, 15) is 0 Å². The summed E-state index contributed by atoms with van der Waals surface area (Å²) in [5, 5.41) is 4.34. The fourth-order valence-electron chi connectivity index (χ4n) is 5.51. The van der Waals surface area contributed by atoms with E-state index in [1.807, 2.05) is 14.0 Å². The summed E-state index contributed by atoms with van der Waals surface area (Å²) in [6, 6.07) is 0. The van der Waals surface area contributed by atoms with Crippen molar-refractivity contribution in [3.8, 4) is 5.88 Å². The molecule has 1 heterocycles. The zero-order valence-electron chi connectivity index (χ0n) is 12.6. The highest BCUT2D eigenvalue weighted by molar-refractivity contribution is 5.52. The van der Waals surface area contributed by atoms with E-state index in [-0.39, 0.29) is 0 Å². The van der Waals surface area contributed by atoms with Crippen molar-refractivity contribution in [1.82, 2.24) is 9.78 Å². The molecule has 4 saturated carbocycles. The van der Waals surface area contributed by atoms with Crippen LogP contribution in [0.1, 0.15) is 44.2 Å². The van der Waals surface area contributed by atoms with Gasteiger partial charge in [0.15, 0.2) is 0 Å². The van der Waals surface area contributed by atoms with Gasteiger partial charge in [-0.15, -0.1) is 0 Å². The van der Waals surface area contributed by atoms with E-state index in [2.05, 4.69) is 5.10 Å². The Bertz CT molecular complexity index is 499. The second-order valence-corrected chi connectivity index (χ2v) is 7.63. The first-order valence-corrected chi connectivity index (χ1v) is 7.96. The van der Waals surface area contributed by atoms with Crippen molar-refractivity contribution in [3.63, 3.8) is 0 Å². The van der Waals surface area contributed by atoms with Crippen LogP contribution in [0, 0.1) is 30.1 Å². The minimum atomic E-state index is 0.430. The van der Waals surface area contributed by atoms with Crippen molar-refractivity contribution in [2.45, 2.75) is 45.4 Å². The highest BCUT2D eigenvalue weighted by Gasteiger charge is 2.51. The van der Waals surface area contributed by atoms with Gasteiger partial charge in [0, 0.05) is 12.5 Å². The highest BCUT2D eigenvalue weighted by atomic mass is 16.5. The number of rotatable bonds is 3. The van der Waals surface area contributed by atoms with E-state index in [1.165, 1.54) is 38.5 Å². The van der Waals surface area contributed by atoms with Gasteiger partial charge in [0.25, 0.3) is 0 Å². The van der Waals surface area contributed by atoms with Crippen LogP contribution in [0.3, 0.4) is 0 Å². The summed E-state index contributed by atoms with van der Waals surface area (Å²) in [4.78, 5) is 0. The average Bonchev–Trinajstić information content (AvgIpc) is 2.59. The lowest BCUT2D eigenvalue weighted by atomic mass is 9.50. The van der Waals surface area contributed by atoms with Crippen LogP contribution in [0.5, 0.6) is 5.88 Å². The molecule has 0 aromatic carbocycles. The van der Waals surface area contributed by atoms with Crippen molar-refractivity contribution >= 4 is 5.69 Å². The van der Waals surface area contributed by atoms with E-state index in [4.69, 9.17) is 10.5 Å². The van der Waals surface area contributed by atoms with Gasteiger partial charge in [-0.25, -0.2) is 4.68 Å². The van der Waals surface area contributed by atoms with Gasteiger partial charge in [-0.3, -0.25) is 0 Å². The van der Waals surface area contributed by atoms with Gasteiger partial charge in [0.2, 0.25) is 5.88 Å². The molecule has 4 aliphatic carbocycles. The van der Waals surface area contributed by atoms with Crippen molar-refractivity contribution in [2.75, 3.05) is 12.3 Å². The van der Waals surface area contributed by atoms with Crippen LogP contribution in [0.15, 0.2) is 0 Å². The molecule has 4 fully saturated rings. The molecule has 1 aromatic rings. The molecule has 0 saturated heterocycles. The number of nitrogen functional groups attached to an aromatic ring is 1. The van der Waals surface area contributed by atoms with E-state index >= 15 is 0 Å². The van der Waals surface area contributed by atoms with Crippen LogP contribution in [0.2, 0.25) is 0 Å². The Hall–Kier alpha value is -1.19. The maximum absolute atomic E-state index is 6.15. The Kier molecular flexibility index (Phi) is 2.60. The van der Waals surface area contributed by atoms with Crippen LogP contribution in [0.25, 0.3) is 0 Å². The van der Waals surface area contributed by atoms with E-state index < -0.39 is 0 Å². The lowest BCUT2D eigenvalue weighted by molar-refractivity contribution is -0.0755. The van der Waals surface area contributed by atoms with E-state index in [0.29, 0.717) is 11.1 Å². The Morgan fingerprint density at radius 3 is 2.20 bits per heavy atom. The summed E-state index contributed by atoms with van der Waals surface area (Å²) in [7, 11) is 1.92. The van der Waals surface area contributed by atoms with Gasteiger partial charge < -0.3 is 10.5 Å². The average molecular weight is 275 g/mol. The Morgan fingerprint density at radius 1 is 1.20 bits per heavy atom. The lowest BCUT2D eigenvalue weighted by Crippen LogP contribution is -2.48. The van der Waals surface area contributed by atoms with Crippen LogP contribution < -0.4 is 10.5 Å². The van der Waals surface area contributed by atoms with Gasteiger partial charge in [-0.2, -0.15) is 5.10 Å². The van der Waals surface area contributed by atoms with Crippen LogP contribution in [-0.2, 0) is 7.05 Å². The van der Waals surface area contributed by atoms with E-state index in [1.54, 1.807) is 4.68 Å². The lowest BCUT2D eigenvalue weighted by Gasteiger charge is -2.56. The highest BCUT2D eigenvalue weighted by Crippen LogP contribution is 2.60. The molecule has 0 aliphatic heterocycles. The molecule has 0 radical (unpaired) electrons. The van der Waals surface area contributed by atoms with Gasteiger partial charge in [-0.1, -0.05) is 0 Å². The normalized spacial score (nSPS) is 38.4. The zero-order chi connectivity index (χ0) is 13.9. The molecular weight excluding hydrogens is 250 g/mol. The number of aromatic nitrogens is 2. The molecule has 5 rings (SSSR count). The summed E-state index contributed by atoms with van der Waals surface area (Å²) in [6.45, 7) is 2.77. The quantitative estimate of drug-likeness (QED) is 0.922. The van der Waals surface area contributed by atoms with Crippen LogP contribution >= 0.6 is 0 Å². The van der Waals surface area contributed by atoms with Crippen molar-refractivity contribution in [1.29, 1.82) is 0 Å². The standard InChI is InChI=1S/C16H25N3O/c1-10-14(17)15(19(2)18-10)20-9-16-6-11-3-12(7-16)5-13(4-11)8-16/h11-13H,3-9,17H2,1-2H3. The fourth-order valence-corrected chi connectivity index (χ4v) is 5.51. The molecule has 4 heteroatoms. The molecule has 20 heavy (non-hydrogen) atoms. The number of nitrogens with zero attached hydrogens (tertiary/aromatic N) is 2. The maximum atomic E-state index is 6.15. The maximum Gasteiger partial charge on any atom is 0.235 e. The molecule has 4 nitrogen and oxygen atoms in total. The smallest absolute Gasteiger partial charge is 0.235 e.